The van der Waals surface area contributed by atoms with Crippen LogP contribution in [0.25, 0.3) is 0 Å². The lowest BCUT2D eigenvalue weighted by atomic mass is 10.1. The van der Waals surface area contributed by atoms with E-state index in [0.717, 1.165) is 13.0 Å². The Morgan fingerprint density at radius 2 is 1.50 bits per heavy atom. The molecule has 22 heavy (non-hydrogen) atoms. The van der Waals surface area contributed by atoms with Gasteiger partial charge < -0.3 is 10.0 Å². The largest absolute Gasteiger partial charge is 0.509 e. The Balaban J connectivity index is 1.93. The Labute approximate surface area is 135 Å². The lowest BCUT2D eigenvalue weighted by Crippen LogP contribution is -2.27. The molecule has 1 aliphatic heterocycles. The van der Waals surface area contributed by atoms with E-state index >= 15 is 0 Å². The van der Waals surface area contributed by atoms with Crippen LogP contribution in [0.4, 0.5) is 0 Å². The number of aliphatic hydroxyl groups is 1. The number of unbranched alkanes of at least 4 members (excludes halogenated alkanes) is 10. The summed E-state index contributed by atoms with van der Waals surface area (Å²) in [6, 6.07) is 1.90. The molecule has 0 aromatic rings. The highest BCUT2D eigenvalue weighted by Gasteiger charge is 2.26. The van der Waals surface area contributed by atoms with Crippen LogP contribution in [0.5, 0.6) is 0 Å². The number of nitriles is 1. The lowest BCUT2D eigenvalue weighted by Gasteiger charge is -2.17. The maximum atomic E-state index is 9.58. The van der Waals surface area contributed by atoms with Crippen LogP contribution in [0.15, 0.2) is 11.3 Å². The van der Waals surface area contributed by atoms with Gasteiger partial charge in [-0.3, -0.25) is 5.41 Å². The number of amidine groups is 1. The zero-order chi connectivity index (χ0) is 16.2. The minimum atomic E-state index is 0.0515. The summed E-state index contributed by atoms with van der Waals surface area (Å²) in [4.78, 5) is 1.79. The van der Waals surface area contributed by atoms with Gasteiger partial charge in [-0.05, 0) is 6.42 Å². The molecule has 0 aromatic carbocycles. The van der Waals surface area contributed by atoms with Crippen molar-refractivity contribution >= 4 is 5.84 Å². The van der Waals surface area contributed by atoms with Crippen molar-refractivity contribution in [3.63, 3.8) is 0 Å². The van der Waals surface area contributed by atoms with E-state index in [4.69, 9.17) is 10.7 Å². The van der Waals surface area contributed by atoms with Crippen LogP contribution in [-0.4, -0.2) is 28.9 Å². The number of nitrogens with zero attached hydrogens (tertiary/aromatic N) is 2. The molecule has 0 saturated heterocycles. The summed E-state index contributed by atoms with van der Waals surface area (Å²) in [5.41, 5.74) is 0.142. The van der Waals surface area contributed by atoms with Crippen LogP contribution in [-0.2, 0) is 0 Å². The van der Waals surface area contributed by atoms with Gasteiger partial charge in [-0.15, -0.1) is 0 Å². The Morgan fingerprint density at radius 3 is 1.95 bits per heavy atom. The average molecular weight is 305 g/mol. The molecule has 0 fully saturated rings. The summed E-state index contributed by atoms with van der Waals surface area (Å²) >= 11 is 0. The smallest absolute Gasteiger partial charge is 0.142 e. The Bertz CT molecular complexity index is 409. The van der Waals surface area contributed by atoms with Gasteiger partial charge in [0.15, 0.2) is 0 Å². The molecule has 0 bridgehead atoms. The highest BCUT2D eigenvalue weighted by molar-refractivity contribution is 6.02. The van der Waals surface area contributed by atoms with Gasteiger partial charge in [0, 0.05) is 6.54 Å². The van der Waals surface area contributed by atoms with Crippen molar-refractivity contribution in [1.29, 1.82) is 10.7 Å². The van der Waals surface area contributed by atoms with E-state index in [9.17, 15) is 5.11 Å². The third kappa shape index (κ3) is 6.51. The van der Waals surface area contributed by atoms with Crippen molar-refractivity contribution in [3.05, 3.63) is 11.3 Å². The number of rotatable bonds is 12. The molecule has 2 N–H and O–H groups in total. The Hall–Kier alpha value is -1.50. The molecule has 1 heterocycles. The maximum absolute atomic E-state index is 9.58. The SMILES string of the molecule is CCCCCCCCCCCCCN1CC(O)=C(C#N)C1=N. The van der Waals surface area contributed by atoms with E-state index in [2.05, 4.69) is 6.92 Å². The first kappa shape index (κ1) is 18.5. The van der Waals surface area contributed by atoms with Crippen LogP contribution in [0.3, 0.4) is 0 Å². The number of aliphatic hydroxyl groups excluding tert-OH is 1. The summed E-state index contributed by atoms with van der Waals surface area (Å²) in [6.45, 7) is 3.35. The van der Waals surface area contributed by atoms with Crippen LogP contribution in [0.1, 0.15) is 77.6 Å². The number of nitrogens with one attached hydrogen (secondary N) is 1. The summed E-state index contributed by atoms with van der Waals surface area (Å²) in [6.07, 6.45) is 14.3. The summed E-state index contributed by atoms with van der Waals surface area (Å²) < 4.78 is 0. The first-order valence-corrected chi connectivity index (χ1v) is 8.86. The minimum Gasteiger partial charge on any atom is -0.509 e. The molecule has 4 nitrogen and oxygen atoms in total. The molecule has 124 valence electrons. The van der Waals surface area contributed by atoms with Crippen molar-refractivity contribution in [2.45, 2.75) is 77.6 Å². The summed E-state index contributed by atoms with van der Waals surface area (Å²) in [5, 5.41) is 26.3. The highest BCUT2D eigenvalue weighted by Crippen LogP contribution is 2.18. The van der Waals surface area contributed by atoms with Crippen LogP contribution >= 0.6 is 0 Å². The molecule has 0 spiro atoms. The fourth-order valence-corrected chi connectivity index (χ4v) is 2.91. The maximum Gasteiger partial charge on any atom is 0.142 e. The number of hydrogen-bond acceptors (Lipinski definition) is 3. The third-order valence-electron chi connectivity index (χ3n) is 4.33. The summed E-state index contributed by atoms with van der Waals surface area (Å²) in [5.74, 6) is 0.239. The lowest BCUT2D eigenvalue weighted by molar-refractivity contribution is 0.343. The van der Waals surface area contributed by atoms with Gasteiger partial charge in [-0.1, -0.05) is 71.1 Å². The van der Waals surface area contributed by atoms with Gasteiger partial charge in [0.2, 0.25) is 0 Å². The van der Waals surface area contributed by atoms with Crippen molar-refractivity contribution in [1.82, 2.24) is 4.90 Å². The van der Waals surface area contributed by atoms with E-state index in [1.165, 1.54) is 64.2 Å². The van der Waals surface area contributed by atoms with Gasteiger partial charge in [-0.2, -0.15) is 5.26 Å². The second-order valence-corrected chi connectivity index (χ2v) is 6.24. The standard InChI is InChI=1S/C18H31N3O/c1-2-3-4-5-6-7-8-9-10-11-12-13-21-15-17(22)16(14-19)18(21)20/h20,22H,2-13,15H2,1H3. The molecular weight excluding hydrogens is 274 g/mol. The predicted octanol–water partition coefficient (Wildman–Crippen LogP) is 4.93. The Morgan fingerprint density at radius 1 is 1.00 bits per heavy atom. The van der Waals surface area contributed by atoms with Crippen LogP contribution in [0.2, 0.25) is 0 Å². The van der Waals surface area contributed by atoms with Crippen LogP contribution < -0.4 is 0 Å². The quantitative estimate of drug-likeness (QED) is 0.502. The molecule has 0 amide bonds. The molecule has 0 unspecified atom stereocenters. The second-order valence-electron chi connectivity index (χ2n) is 6.24. The average Bonchev–Trinajstić information content (AvgIpc) is 2.78. The molecule has 0 aliphatic carbocycles. The zero-order valence-electron chi connectivity index (χ0n) is 14.0. The van der Waals surface area contributed by atoms with E-state index in [0.29, 0.717) is 6.54 Å². The number of hydrogen-bond donors (Lipinski definition) is 2. The Kier molecular flexibility index (Phi) is 9.37. The molecular formula is C18H31N3O. The van der Waals surface area contributed by atoms with Crippen molar-refractivity contribution < 1.29 is 5.11 Å². The molecule has 0 atom stereocenters. The highest BCUT2D eigenvalue weighted by atomic mass is 16.3. The van der Waals surface area contributed by atoms with E-state index in [1.807, 2.05) is 6.07 Å². The predicted molar refractivity (Wildman–Crippen MR) is 91.0 cm³/mol. The van der Waals surface area contributed by atoms with Gasteiger partial charge in [0.05, 0.1) is 6.54 Å². The molecule has 0 aromatic heterocycles. The summed E-state index contributed by atoms with van der Waals surface area (Å²) in [7, 11) is 0. The van der Waals surface area contributed by atoms with Gasteiger partial charge in [0.1, 0.15) is 23.2 Å². The third-order valence-corrected chi connectivity index (χ3v) is 4.33. The first-order valence-electron chi connectivity index (χ1n) is 8.86. The van der Waals surface area contributed by atoms with Gasteiger partial charge in [0.25, 0.3) is 0 Å². The van der Waals surface area contributed by atoms with Crippen LogP contribution in [0, 0.1) is 16.7 Å². The molecule has 1 aliphatic rings. The van der Waals surface area contributed by atoms with Gasteiger partial charge in [-0.25, -0.2) is 0 Å². The first-order chi connectivity index (χ1) is 10.7. The molecule has 0 radical (unpaired) electrons. The minimum absolute atomic E-state index is 0.0515. The molecule has 1 rings (SSSR count). The second kappa shape index (κ2) is 11.1. The molecule has 4 heteroatoms. The normalized spacial score (nSPS) is 14.7. The van der Waals surface area contributed by atoms with E-state index in [1.54, 1.807) is 4.90 Å². The fourth-order valence-electron chi connectivity index (χ4n) is 2.91. The van der Waals surface area contributed by atoms with Crippen molar-refractivity contribution in [3.8, 4) is 6.07 Å². The topological polar surface area (TPSA) is 71.1 Å². The van der Waals surface area contributed by atoms with E-state index < -0.39 is 0 Å². The van der Waals surface area contributed by atoms with E-state index in [-0.39, 0.29) is 17.2 Å². The molecule has 0 saturated carbocycles. The van der Waals surface area contributed by atoms with Crippen molar-refractivity contribution in [2.24, 2.45) is 0 Å². The van der Waals surface area contributed by atoms with Crippen molar-refractivity contribution in [2.75, 3.05) is 13.1 Å². The fraction of sp³-hybridized carbons (Fsp3) is 0.778. The zero-order valence-corrected chi connectivity index (χ0v) is 14.0. The van der Waals surface area contributed by atoms with Gasteiger partial charge >= 0.3 is 0 Å². The monoisotopic (exact) mass is 305 g/mol.